The summed E-state index contributed by atoms with van der Waals surface area (Å²) >= 11 is 1.32. The SMILES string of the molecule is Cc1nnc(NC(=O)N2CCCC(C(C)(C)C(=O)O)C2)s1. The molecule has 0 aliphatic carbocycles. The number of nitrogens with zero attached hydrogens (tertiary/aromatic N) is 3. The molecule has 0 bridgehead atoms. The number of urea groups is 1. The van der Waals surface area contributed by atoms with Gasteiger partial charge < -0.3 is 10.0 Å². The molecule has 2 heterocycles. The molecule has 2 rings (SSSR count). The van der Waals surface area contributed by atoms with Crippen molar-refractivity contribution in [2.24, 2.45) is 11.3 Å². The van der Waals surface area contributed by atoms with Crippen LogP contribution in [0.25, 0.3) is 0 Å². The lowest BCUT2D eigenvalue weighted by atomic mass is 9.74. The molecular weight excluding hydrogens is 292 g/mol. The Morgan fingerprint density at radius 1 is 1.43 bits per heavy atom. The van der Waals surface area contributed by atoms with Gasteiger partial charge in [-0.1, -0.05) is 11.3 Å². The molecule has 0 spiro atoms. The fourth-order valence-corrected chi connectivity index (χ4v) is 3.02. The monoisotopic (exact) mass is 312 g/mol. The topological polar surface area (TPSA) is 95.4 Å². The number of amides is 2. The number of carboxylic acids is 1. The van der Waals surface area contributed by atoms with Crippen molar-refractivity contribution in [1.82, 2.24) is 15.1 Å². The van der Waals surface area contributed by atoms with Crippen LogP contribution in [0.4, 0.5) is 9.93 Å². The summed E-state index contributed by atoms with van der Waals surface area (Å²) in [6.45, 7) is 6.34. The van der Waals surface area contributed by atoms with Gasteiger partial charge in [-0.3, -0.25) is 10.1 Å². The highest BCUT2D eigenvalue weighted by Gasteiger charge is 2.40. The quantitative estimate of drug-likeness (QED) is 0.892. The summed E-state index contributed by atoms with van der Waals surface area (Å²) in [5, 5.41) is 21.0. The van der Waals surface area contributed by atoms with Gasteiger partial charge in [0.15, 0.2) is 0 Å². The Hall–Kier alpha value is -1.70. The Morgan fingerprint density at radius 2 is 2.14 bits per heavy atom. The van der Waals surface area contributed by atoms with E-state index in [2.05, 4.69) is 15.5 Å². The molecule has 1 saturated heterocycles. The molecule has 1 aromatic rings. The van der Waals surface area contributed by atoms with Gasteiger partial charge in [0.2, 0.25) is 5.13 Å². The van der Waals surface area contributed by atoms with Gasteiger partial charge in [0.1, 0.15) is 5.01 Å². The number of anilines is 1. The van der Waals surface area contributed by atoms with Crippen molar-refractivity contribution in [2.75, 3.05) is 18.4 Å². The summed E-state index contributed by atoms with van der Waals surface area (Å²) in [5.74, 6) is -0.875. The van der Waals surface area contributed by atoms with E-state index in [1.165, 1.54) is 11.3 Å². The summed E-state index contributed by atoms with van der Waals surface area (Å²) in [6.07, 6.45) is 1.63. The largest absolute Gasteiger partial charge is 0.481 e. The molecule has 1 fully saturated rings. The number of carboxylic acid groups (broad SMARTS) is 1. The fourth-order valence-electron chi connectivity index (χ4n) is 2.44. The fraction of sp³-hybridized carbons (Fsp3) is 0.692. The first-order valence-corrected chi connectivity index (χ1v) is 7.72. The number of nitrogens with one attached hydrogen (secondary N) is 1. The van der Waals surface area contributed by atoms with E-state index in [-0.39, 0.29) is 11.9 Å². The highest BCUT2D eigenvalue weighted by molar-refractivity contribution is 7.15. The second-order valence-electron chi connectivity index (χ2n) is 5.87. The number of rotatable bonds is 3. The average Bonchev–Trinajstić information content (AvgIpc) is 2.84. The zero-order valence-electron chi connectivity index (χ0n) is 12.4. The first-order chi connectivity index (χ1) is 9.80. The lowest BCUT2D eigenvalue weighted by Crippen LogP contribution is -2.48. The zero-order chi connectivity index (χ0) is 15.6. The van der Waals surface area contributed by atoms with Crippen LogP contribution in [0.3, 0.4) is 0 Å². The van der Waals surface area contributed by atoms with Gasteiger partial charge in [0.25, 0.3) is 0 Å². The van der Waals surface area contributed by atoms with Crippen LogP contribution in [0.1, 0.15) is 31.7 Å². The number of likely N-dealkylation sites (tertiary alicyclic amines) is 1. The normalized spacial score (nSPS) is 19.4. The Balaban J connectivity index is 2.00. The summed E-state index contributed by atoms with van der Waals surface area (Å²) in [5.41, 5.74) is -0.835. The van der Waals surface area contributed by atoms with Crippen molar-refractivity contribution in [2.45, 2.75) is 33.6 Å². The Bertz CT molecular complexity index is 543. The predicted molar refractivity (Wildman–Crippen MR) is 79.4 cm³/mol. The maximum absolute atomic E-state index is 12.2. The smallest absolute Gasteiger partial charge is 0.323 e. The predicted octanol–water partition coefficient (Wildman–Crippen LogP) is 2.20. The van der Waals surface area contributed by atoms with E-state index in [1.54, 1.807) is 18.7 Å². The van der Waals surface area contributed by atoms with Gasteiger partial charge >= 0.3 is 12.0 Å². The molecule has 7 nitrogen and oxygen atoms in total. The molecular formula is C13H20N4O3S. The number of aryl methyl sites for hydroxylation is 1. The van der Waals surface area contributed by atoms with Gasteiger partial charge in [-0.2, -0.15) is 0 Å². The number of hydrogen-bond acceptors (Lipinski definition) is 5. The third kappa shape index (κ3) is 3.49. The second-order valence-corrected chi connectivity index (χ2v) is 7.05. The summed E-state index contributed by atoms with van der Waals surface area (Å²) in [6, 6.07) is -0.239. The molecule has 0 radical (unpaired) electrons. The third-order valence-corrected chi connectivity index (χ3v) is 4.77. The first kappa shape index (κ1) is 15.7. The Kier molecular flexibility index (Phi) is 4.46. The van der Waals surface area contributed by atoms with E-state index in [0.29, 0.717) is 18.2 Å². The van der Waals surface area contributed by atoms with Crippen molar-refractivity contribution in [3.63, 3.8) is 0 Å². The van der Waals surface area contributed by atoms with Crippen molar-refractivity contribution < 1.29 is 14.7 Å². The van der Waals surface area contributed by atoms with Gasteiger partial charge in [0, 0.05) is 13.1 Å². The van der Waals surface area contributed by atoms with Gasteiger partial charge in [-0.25, -0.2) is 4.79 Å². The maximum atomic E-state index is 12.2. The van der Waals surface area contributed by atoms with Gasteiger partial charge in [-0.15, -0.1) is 10.2 Å². The molecule has 0 aromatic carbocycles. The molecule has 1 aliphatic heterocycles. The molecule has 116 valence electrons. The molecule has 2 N–H and O–H groups in total. The van der Waals surface area contributed by atoms with Crippen molar-refractivity contribution in [1.29, 1.82) is 0 Å². The number of carbonyl (C=O) groups excluding carboxylic acids is 1. The van der Waals surface area contributed by atoms with Gasteiger partial charge in [0.05, 0.1) is 5.41 Å². The maximum Gasteiger partial charge on any atom is 0.323 e. The highest BCUT2D eigenvalue weighted by atomic mass is 32.1. The van der Waals surface area contributed by atoms with Crippen molar-refractivity contribution >= 4 is 28.5 Å². The van der Waals surface area contributed by atoms with Gasteiger partial charge in [-0.05, 0) is 39.5 Å². The number of piperidine rings is 1. The molecule has 1 unspecified atom stereocenters. The molecule has 21 heavy (non-hydrogen) atoms. The van der Waals surface area contributed by atoms with E-state index in [0.717, 1.165) is 17.8 Å². The van der Waals surface area contributed by atoms with E-state index in [4.69, 9.17) is 0 Å². The van der Waals surface area contributed by atoms with E-state index >= 15 is 0 Å². The highest BCUT2D eigenvalue weighted by Crippen LogP contribution is 2.34. The van der Waals surface area contributed by atoms with Crippen LogP contribution in [0.15, 0.2) is 0 Å². The minimum atomic E-state index is -0.835. The zero-order valence-corrected chi connectivity index (χ0v) is 13.2. The lowest BCUT2D eigenvalue weighted by Gasteiger charge is -2.38. The third-order valence-electron chi connectivity index (χ3n) is 4.02. The van der Waals surface area contributed by atoms with Crippen LogP contribution >= 0.6 is 11.3 Å². The Morgan fingerprint density at radius 3 is 2.71 bits per heavy atom. The Labute approximate surface area is 127 Å². The molecule has 2 amide bonds. The standard InChI is InChI=1S/C13H20N4O3S/c1-8-15-16-11(21-8)14-12(20)17-6-4-5-9(7-17)13(2,3)10(18)19/h9H,4-7H2,1-3H3,(H,18,19)(H,14,16,20). The summed E-state index contributed by atoms with van der Waals surface area (Å²) in [4.78, 5) is 25.2. The first-order valence-electron chi connectivity index (χ1n) is 6.90. The summed E-state index contributed by atoms with van der Waals surface area (Å²) in [7, 11) is 0. The van der Waals surface area contributed by atoms with E-state index in [1.807, 2.05) is 6.92 Å². The lowest BCUT2D eigenvalue weighted by molar-refractivity contribution is -0.151. The number of hydrogen-bond donors (Lipinski definition) is 2. The van der Waals surface area contributed by atoms with Crippen LogP contribution in [-0.4, -0.2) is 45.3 Å². The minimum Gasteiger partial charge on any atom is -0.481 e. The molecule has 1 aliphatic rings. The number of aliphatic carboxylic acids is 1. The van der Waals surface area contributed by atoms with Crippen LogP contribution < -0.4 is 5.32 Å². The summed E-state index contributed by atoms with van der Waals surface area (Å²) < 4.78 is 0. The molecule has 1 atom stereocenters. The van der Waals surface area contributed by atoms with Crippen LogP contribution in [-0.2, 0) is 4.79 Å². The second kappa shape index (κ2) is 5.97. The number of carbonyl (C=O) groups is 2. The molecule has 0 saturated carbocycles. The van der Waals surface area contributed by atoms with E-state index in [9.17, 15) is 14.7 Å². The molecule has 1 aromatic heterocycles. The van der Waals surface area contributed by atoms with E-state index < -0.39 is 11.4 Å². The van der Waals surface area contributed by atoms with Crippen LogP contribution in [0, 0.1) is 18.3 Å². The van der Waals surface area contributed by atoms with Crippen LogP contribution in [0.2, 0.25) is 0 Å². The average molecular weight is 312 g/mol. The van der Waals surface area contributed by atoms with Crippen molar-refractivity contribution in [3.8, 4) is 0 Å². The molecule has 8 heteroatoms. The minimum absolute atomic E-state index is 0.0503. The van der Waals surface area contributed by atoms with Crippen LogP contribution in [0.5, 0.6) is 0 Å². The number of aromatic nitrogens is 2. The van der Waals surface area contributed by atoms with Crippen molar-refractivity contribution in [3.05, 3.63) is 5.01 Å².